The highest BCUT2D eigenvalue weighted by molar-refractivity contribution is 5.95. The number of guanidine groups is 1. The summed E-state index contributed by atoms with van der Waals surface area (Å²) in [5.74, 6) is 1.64. The number of benzene rings is 2. The maximum Gasteiger partial charge on any atom is 0.227 e. The molecular weight excluding hydrogens is 348 g/mol. The summed E-state index contributed by atoms with van der Waals surface area (Å²) in [6.07, 6.45) is 2.75. The van der Waals surface area contributed by atoms with Crippen molar-refractivity contribution >= 4 is 17.6 Å². The van der Waals surface area contributed by atoms with Crippen LogP contribution in [0.4, 0.5) is 5.69 Å². The number of carbonyl (C=O) groups is 1. The Labute approximate surface area is 166 Å². The number of rotatable bonds is 6. The molecule has 0 aromatic heterocycles. The third kappa shape index (κ3) is 4.03. The van der Waals surface area contributed by atoms with E-state index in [1.54, 1.807) is 0 Å². The van der Waals surface area contributed by atoms with Gasteiger partial charge in [-0.1, -0.05) is 36.4 Å². The summed E-state index contributed by atoms with van der Waals surface area (Å²) in [5.41, 5.74) is 5.05. The molecule has 2 aromatic rings. The van der Waals surface area contributed by atoms with Gasteiger partial charge in [-0.25, -0.2) is 4.99 Å². The number of hydrogen-bond donors (Lipinski definition) is 2. The second-order valence-electron chi connectivity index (χ2n) is 7.49. The van der Waals surface area contributed by atoms with E-state index in [1.165, 1.54) is 11.1 Å². The molecule has 5 heteroatoms. The monoisotopic (exact) mass is 376 g/mol. The van der Waals surface area contributed by atoms with E-state index in [0.29, 0.717) is 18.9 Å². The summed E-state index contributed by atoms with van der Waals surface area (Å²) in [6.45, 7) is 5.26. The van der Waals surface area contributed by atoms with Crippen LogP contribution >= 0.6 is 0 Å². The van der Waals surface area contributed by atoms with Gasteiger partial charge in [0.15, 0.2) is 5.96 Å². The zero-order valence-electron chi connectivity index (χ0n) is 16.4. The van der Waals surface area contributed by atoms with Gasteiger partial charge in [0.25, 0.3) is 0 Å². The van der Waals surface area contributed by atoms with Crippen molar-refractivity contribution in [2.45, 2.75) is 38.6 Å². The normalized spacial score (nSPS) is 18.6. The standard InChI is InChI=1S/C23H28N4O/c1-2-24-23(26-16-19-14-18-6-3-4-7-21(18)19)25-15-17-9-11-20(12-10-17)27-13-5-8-22(27)28/h3-4,6-7,9-12,19H,2,5,8,13-16H2,1H3,(H2,24,25,26). The highest BCUT2D eigenvalue weighted by atomic mass is 16.2. The number of aliphatic imine (C=N–C) groups is 1. The van der Waals surface area contributed by atoms with Crippen LogP contribution < -0.4 is 15.5 Å². The Morgan fingerprint density at radius 2 is 1.96 bits per heavy atom. The summed E-state index contributed by atoms with van der Waals surface area (Å²) < 4.78 is 0. The first-order valence-corrected chi connectivity index (χ1v) is 10.2. The van der Waals surface area contributed by atoms with Gasteiger partial charge in [-0.3, -0.25) is 4.79 Å². The van der Waals surface area contributed by atoms with Gasteiger partial charge in [0, 0.05) is 37.7 Å². The van der Waals surface area contributed by atoms with Crippen LogP contribution in [0.5, 0.6) is 0 Å². The van der Waals surface area contributed by atoms with Gasteiger partial charge in [-0.2, -0.15) is 0 Å². The van der Waals surface area contributed by atoms with Crippen molar-refractivity contribution in [2.24, 2.45) is 4.99 Å². The topological polar surface area (TPSA) is 56.7 Å². The Morgan fingerprint density at radius 3 is 2.68 bits per heavy atom. The summed E-state index contributed by atoms with van der Waals surface area (Å²) in [6, 6.07) is 16.8. The van der Waals surface area contributed by atoms with E-state index in [2.05, 4.69) is 54.0 Å². The van der Waals surface area contributed by atoms with E-state index in [1.807, 2.05) is 17.0 Å². The Morgan fingerprint density at radius 1 is 1.14 bits per heavy atom. The summed E-state index contributed by atoms with van der Waals surface area (Å²) in [4.78, 5) is 18.5. The SMILES string of the molecule is CCNC(=NCc1ccc(N2CCCC2=O)cc1)NCC1Cc2ccccc21. The second kappa shape index (κ2) is 8.46. The third-order valence-electron chi connectivity index (χ3n) is 5.56. The van der Waals surface area contributed by atoms with E-state index < -0.39 is 0 Å². The molecule has 2 aliphatic rings. The summed E-state index contributed by atoms with van der Waals surface area (Å²) in [5, 5.41) is 6.81. The molecule has 1 atom stereocenters. The van der Waals surface area contributed by atoms with Gasteiger partial charge in [0.1, 0.15) is 0 Å². The number of anilines is 1. The largest absolute Gasteiger partial charge is 0.357 e. The minimum atomic E-state index is 0.224. The van der Waals surface area contributed by atoms with Gasteiger partial charge in [-0.15, -0.1) is 0 Å². The van der Waals surface area contributed by atoms with E-state index in [0.717, 1.165) is 49.7 Å². The van der Waals surface area contributed by atoms with Crippen LogP contribution in [-0.2, 0) is 17.8 Å². The number of fused-ring (bicyclic) bond motifs is 1. The quantitative estimate of drug-likeness (QED) is 0.601. The number of amides is 1. The van der Waals surface area contributed by atoms with Crippen molar-refractivity contribution in [3.63, 3.8) is 0 Å². The maximum absolute atomic E-state index is 11.9. The molecule has 0 bridgehead atoms. The lowest BCUT2D eigenvalue weighted by Crippen LogP contribution is -2.41. The number of nitrogens with one attached hydrogen (secondary N) is 2. The Kier molecular flexibility index (Phi) is 5.60. The van der Waals surface area contributed by atoms with Gasteiger partial charge in [0.05, 0.1) is 6.54 Å². The lowest BCUT2D eigenvalue weighted by Gasteiger charge is -2.30. The lowest BCUT2D eigenvalue weighted by atomic mass is 9.78. The van der Waals surface area contributed by atoms with Crippen LogP contribution in [0.15, 0.2) is 53.5 Å². The minimum absolute atomic E-state index is 0.224. The number of hydrogen-bond acceptors (Lipinski definition) is 2. The molecule has 2 aromatic carbocycles. The van der Waals surface area contributed by atoms with Crippen LogP contribution in [0.3, 0.4) is 0 Å². The molecule has 2 N–H and O–H groups in total. The fraction of sp³-hybridized carbons (Fsp3) is 0.391. The van der Waals surface area contributed by atoms with Gasteiger partial charge < -0.3 is 15.5 Å². The van der Waals surface area contributed by atoms with Crippen LogP contribution in [0.2, 0.25) is 0 Å². The molecular formula is C23H28N4O. The Bertz CT molecular complexity index is 859. The van der Waals surface area contributed by atoms with Gasteiger partial charge >= 0.3 is 0 Å². The van der Waals surface area contributed by atoms with Crippen molar-refractivity contribution in [1.82, 2.24) is 10.6 Å². The van der Waals surface area contributed by atoms with Gasteiger partial charge in [0.2, 0.25) is 5.91 Å². The summed E-state index contributed by atoms with van der Waals surface area (Å²) >= 11 is 0. The van der Waals surface area contributed by atoms with Crippen molar-refractivity contribution in [1.29, 1.82) is 0 Å². The molecule has 1 amide bonds. The van der Waals surface area contributed by atoms with Crippen LogP contribution in [-0.4, -0.2) is 31.5 Å². The lowest BCUT2D eigenvalue weighted by molar-refractivity contribution is -0.117. The fourth-order valence-electron chi connectivity index (χ4n) is 3.98. The average Bonchev–Trinajstić information content (AvgIpc) is 3.13. The molecule has 1 saturated heterocycles. The molecule has 4 rings (SSSR count). The highest BCUT2D eigenvalue weighted by Crippen LogP contribution is 2.33. The molecule has 0 spiro atoms. The van der Waals surface area contributed by atoms with Crippen LogP contribution in [0.25, 0.3) is 0 Å². The first-order valence-electron chi connectivity index (χ1n) is 10.2. The molecule has 0 radical (unpaired) electrons. The highest BCUT2D eigenvalue weighted by Gasteiger charge is 2.25. The van der Waals surface area contributed by atoms with E-state index >= 15 is 0 Å². The Hall–Kier alpha value is -2.82. The first kappa shape index (κ1) is 18.5. The van der Waals surface area contributed by atoms with Crippen molar-refractivity contribution in [3.8, 4) is 0 Å². The van der Waals surface area contributed by atoms with Crippen LogP contribution in [0, 0.1) is 0 Å². The van der Waals surface area contributed by atoms with E-state index in [9.17, 15) is 4.79 Å². The first-order chi connectivity index (χ1) is 13.7. The van der Waals surface area contributed by atoms with Crippen molar-refractivity contribution in [3.05, 3.63) is 65.2 Å². The summed E-state index contributed by atoms with van der Waals surface area (Å²) in [7, 11) is 0. The number of nitrogens with zero attached hydrogens (tertiary/aromatic N) is 2. The molecule has 0 saturated carbocycles. The predicted octanol–water partition coefficient (Wildman–Crippen LogP) is 3.21. The fourth-order valence-corrected chi connectivity index (χ4v) is 3.98. The second-order valence-corrected chi connectivity index (χ2v) is 7.49. The Balaban J connectivity index is 1.33. The van der Waals surface area contributed by atoms with Crippen LogP contribution in [0.1, 0.15) is 42.4 Å². The van der Waals surface area contributed by atoms with Crippen molar-refractivity contribution < 1.29 is 4.79 Å². The molecule has 146 valence electrons. The molecule has 1 unspecified atom stereocenters. The molecule has 5 nitrogen and oxygen atoms in total. The molecule has 1 fully saturated rings. The maximum atomic E-state index is 11.9. The zero-order valence-corrected chi connectivity index (χ0v) is 16.4. The van der Waals surface area contributed by atoms with E-state index in [4.69, 9.17) is 4.99 Å². The molecule has 1 aliphatic carbocycles. The average molecular weight is 377 g/mol. The zero-order chi connectivity index (χ0) is 19.3. The number of carbonyl (C=O) groups excluding carboxylic acids is 1. The molecule has 1 aliphatic heterocycles. The predicted molar refractivity (Wildman–Crippen MR) is 114 cm³/mol. The van der Waals surface area contributed by atoms with E-state index in [-0.39, 0.29) is 5.91 Å². The van der Waals surface area contributed by atoms with Gasteiger partial charge in [-0.05, 0) is 48.6 Å². The molecule has 1 heterocycles. The van der Waals surface area contributed by atoms with Crippen molar-refractivity contribution in [2.75, 3.05) is 24.5 Å². The molecule has 28 heavy (non-hydrogen) atoms. The third-order valence-corrected chi connectivity index (χ3v) is 5.56. The smallest absolute Gasteiger partial charge is 0.227 e. The minimum Gasteiger partial charge on any atom is -0.357 e.